The van der Waals surface area contributed by atoms with Crippen LogP contribution in [-0.2, 0) is 11.3 Å². The summed E-state index contributed by atoms with van der Waals surface area (Å²) in [6.45, 7) is 7.62. The van der Waals surface area contributed by atoms with Crippen molar-refractivity contribution in [1.82, 2.24) is 9.80 Å². The van der Waals surface area contributed by atoms with E-state index in [0.717, 1.165) is 73.4 Å². The molecule has 0 aromatic heterocycles. The van der Waals surface area contributed by atoms with E-state index in [0.29, 0.717) is 12.0 Å². The van der Waals surface area contributed by atoms with Crippen LogP contribution in [0.4, 0.5) is 13.2 Å². The van der Waals surface area contributed by atoms with Gasteiger partial charge in [-0.05, 0) is 92.2 Å². The predicted molar refractivity (Wildman–Crippen MR) is 154 cm³/mol. The third-order valence-electron chi connectivity index (χ3n) is 8.23. The molecule has 1 amide bonds. The maximum Gasteiger partial charge on any atom is 0.490 e. The Labute approximate surface area is 243 Å². The first-order valence-corrected chi connectivity index (χ1v) is 14.1. The third kappa shape index (κ3) is 7.73. The molecule has 3 aromatic rings. The average Bonchev–Trinajstić information content (AvgIpc) is 2.99. The lowest BCUT2D eigenvalue weighted by molar-refractivity contribution is -0.192. The van der Waals surface area contributed by atoms with Crippen LogP contribution in [0.25, 0.3) is 10.8 Å². The highest BCUT2D eigenvalue weighted by atomic mass is 19.4. The van der Waals surface area contributed by atoms with Gasteiger partial charge >= 0.3 is 12.1 Å². The number of aliphatic carboxylic acids is 1. The van der Waals surface area contributed by atoms with Gasteiger partial charge in [-0.1, -0.05) is 30.3 Å². The molecular weight excluding hydrogens is 549 g/mol. The van der Waals surface area contributed by atoms with Crippen molar-refractivity contribution in [1.29, 1.82) is 0 Å². The van der Waals surface area contributed by atoms with Crippen LogP contribution < -0.4 is 9.47 Å². The molecule has 0 aliphatic carbocycles. The van der Waals surface area contributed by atoms with Crippen LogP contribution in [0.1, 0.15) is 48.5 Å². The number of halogens is 3. The number of carboxylic acid groups (broad SMARTS) is 1. The Kier molecular flexibility index (Phi) is 9.98. The number of ether oxygens (including phenoxy) is 2. The fourth-order valence-electron chi connectivity index (χ4n) is 5.71. The molecule has 2 aliphatic heterocycles. The van der Waals surface area contributed by atoms with Crippen LogP contribution in [0.5, 0.6) is 11.5 Å². The normalized spacial score (nSPS) is 16.9. The summed E-state index contributed by atoms with van der Waals surface area (Å²) in [6.07, 6.45) is -0.451. The number of amides is 1. The van der Waals surface area contributed by atoms with E-state index in [1.54, 1.807) is 7.11 Å². The van der Waals surface area contributed by atoms with Crippen molar-refractivity contribution in [2.75, 3.05) is 39.9 Å². The summed E-state index contributed by atoms with van der Waals surface area (Å²) in [5.74, 6) is -0.757. The van der Waals surface area contributed by atoms with Crippen molar-refractivity contribution in [2.45, 2.75) is 45.3 Å². The highest BCUT2D eigenvalue weighted by molar-refractivity contribution is 5.98. The highest BCUT2D eigenvalue weighted by Crippen LogP contribution is 2.42. The maximum atomic E-state index is 13.3. The van der Waals surface area contributed by atoms with E-state index in [9.17, 15) is 18.0 Å². The van der Waals surface area contributed by atoms with Gasteiger partial charge in [0.25, 0.3) is 5.91 Å². The smallest absolute Gasteiger partial charge is 0.490 e. The van der Waals surface area contributed by atoms with Crippen LogP contribution >= 0.6 is 0 Å². The number of piperidine rings is 2. The molecular formula is C32H37F3N2O5. The lowest BCUT2D eigenvalue weighted by atomic mass is 9.71. The van der Waals surface area contributed by atoms with E-state index in [1.807, 2.05) is 49.4 Å². The van der Waals surface area contributed by atoms with Gasteiger partial charge in [-0.3, -0.25) is 9.69 Å². The molecule has 0 saturated carbocycles. The molecule has 1 N–H and O–H groups in total. The van der Waals surface area contributed by atoms with Gasteiger partial charge in [-0.25, -0.2) is 4.79 Å². The molecule has 42 heavy (non-hydrogen) atoms. The van der Waals surface area contributed by atoms with Crippen molar-refractivity contribution >= 4 is 22.6 Å². The summed E-state index contributed by atoms with van der Waals surface area (Å²) in [7, 11) is 1.67. The number of alkyl halides is 3. The number of likely N-dealkylation sites (tertiary alicyclic amines) is 2. The largest absolute Gasteiger partial charge is 0.497 e. The molecule has 7 nitrogen and oxygen atoms in total. The monoisotopic (exact) mass is 586 g/mol. The van der Waals surface area contributed by atoms with Crippen LogP contribution in [0.15, 0.2) is 60.7 Å². The van der Waals surface area contributed by atoms with Crippen LogP contribution in [0.3, 0.4) is 0 Å². The Balaban J connectivity index is 0.000000517. The molecule has 0 atom stereocenters. The van der Waals surface area contributed by atoms with Crippen molar-refractivity contribution in [3.05, 3.63) is 71.8 Å². The maximum absolute atomic E-state index is 13.3. The van der Waals surface area contributed by atoms with Gasteiger partial charge in [0.15, 0.2) is 0 Å². The third-order valence-corrected chi connectivity index (χ3v) is 8.23. The number of carbonyl (C=O) groups excluding carboxylic acids is 1. The summed E-state index contributed by atoms with van der Waals surface area (Å²) < 4.78 is 42.9. The molecule has 3 aromatic carbocycles. The number of fused-ring (bicyclic) bond motifs is 1. The first-order chi connectivity index (χ1) is 20.0. The van der Waals surface area contributed by atoms with Crippen LogP contribution in [-0.4, -0.2) is 72.9 Å². The first-order valence-electron chi connectivity index (χ1n) is 14.1. The number of carboxylic acids is 1. The Bertz CT molecular complexity index is 1380. The van der Waals surface area contributed by atoms with Gasteiger partial charge in [0.05, 0.1) is 13.7 Å². The molecule has 2 aliphatic rings. The quantitative estimate of drug-likeness (QED) is 0.360. The molecule has 0 bridgehead atoms. The Morgan fingerprint density at radius 3 is 2.12 bits per heavy atom. The molecule has 226 valence electrons. The number of carbonyl (C=O) groups is 2. The molecule has 0 radical (unpaired) electrons. The lowest BCUT2D eigenvalue weighted by Crippen LogP contribution is -2.48. The van der Waals surface area contributed by atoms with Crippen molar-refractivity contribution in [3.8, 4) is 11.5 Å². The van der Waals surface area contributed by atoms with Crippen molar-refractivity contribution < 1.29 is 37.3 Å². The van der Waals surface area contributed by atoms with E-state index in [-0.39, 0.29) is 5.91 Å². The van der Waals surface area contributed by atoms with Crippen LogP contribution in [0.2, 0.25) is 0 Å². The minimum absolute atomic E-state index is 0.155. The minimum Gasteiger partial charge on any atom is -0.497 e. The zero-order valence-electron chi connectivity index (χ0n) is 24.0. The molecule has 2 heterocycles. The second-order valence-electron chi connectivity index (χ2n) is 10.8. The number of benzene rings is 3. The molecule has 5 rings (SSSR count). The van der Waals surface area contributed by atoms with Gasteiger partial charge < -0.3 is 19.5 Å². The zero-order chi connectivity index (χ0) is 30.3. The number of para-hydroxylation sites is 1. The second-order valence-corrected chi connectivity index (χ2v) is 10.8. The van der Waals surface area contributed by atoms with E-state index < -0.39 is 12.1 Å². The molecule has 2 fully saturated rings. The van der Waals surface area contributed by atoms with Gasteiger partial charge in [-0.2, -0.15) is 13.2 Å². The standard InChI is InChI=1S/C30H36N2O3.C2HF3O2/c1-3-35-28-7-5-4-6-26(28)22-31-16-12-30(13-17-31)14-18-32(19-15-30)29(33)25-9-8-24-21-27(34-2)11-10-23(24)20-25;3-2(4,5)1(6)7/h4-11,20-21H,3,12-19,22H2,1-2H3;(H,6,7). The van der Waals surface area contributed by atoms with Gasteiger partial charge in [0.2, 0.25) is 0 Å². The number of rotatable bonds is 6. The van der Waals surface area contributed by atoms with Gasteiger partial charge in [0, 0.05) is 30.8 Å². The highest BCUT2D eigenvalue weighted by Gasteiger charge is 2.39. The lowest BCUT2D eigenvalue weighted by Gasteiger charge is -2.47. The number of hydrogen-bond donors (Lipinski definition) is 1. The van der Waals surface area contributed by atoms with Gasteiger partial charge in [-0.15, -0.1) is 0 Å². The number of hydrogen-bond acceptors (Lipinski definition) is 5. The van der Waals surface area contributed by atoms with Crippen LogP contribution in [0, 0.1) is 5.41 Å². The second kappa shape index (κ2) is 13.5. The predicted octanol–water partition coefficient (Wildman–Crippen LogP) is 6.40. The average molecular weight is 587 g/mol. The zero-order valence-corrected chi connectivity index (χ0v) is 24.0. The van der Waals surface area contributed by atoms with Gasteiger partial charge in [0.1, 0.15) is 11.5 Å². The molecule has 10 heteroatoms. The Hall–Kier alpha value is -3.79. The summed E-state index contributed by atoms with van der Waals surface area (Å²) >= 11 is 0. The Morgan fingerprint density at radius 2 is 1.50 bits per heavy atom. The topological polar surface area (TPSA) is 79.3 Å². The van der Waals surface area contributed by atoms with E-state index in [4.69, 9.17) is 19.4 Å². The van der Waals surface area contributed by atoms with Crippen molar-refractivity contribution in [3.63, 3.8) is 0 Å². The molecule has 2 saturated heterocycles. The minimum atomic E-state index is -5.08. The summed E-state index contributed by atoms with van der Waals surface area (Å²) in [6, 6.07) is 20.4. The van der Waals surface area contributed by atoms with E-state index >= 15 is 0 Å². The molecule has 0 unspecified atom stereocenters. The molecule has 1 spiro atoms. The number of nitrogens with zero attached hydrogens (tertiary/aromatic N) is 2. The summed E-state index contributed by atoms with van der Waals surface area (Å²) in [4.78, 5) is 26.8. The van der Waals surface area contributed by atoms with E-state index in [1.165, 1.54) is 18.4 Å². The van der Waals surface area contributed by atoms with Crippen molar-refractivity contribution in [2.24, 2.45) is 5.41 Å². The Morgan fingerprint density at radius 1 is 0.905 bits per heavy atom. The summed E-state index contributed by atoms with van der Waals surface area (Å²) in [5, 5.41) is 9.29. The summed E-state index contributed by atoms with van der Waals surface area (Å²) in [5.41, 5.74) is 2.44. The first kappa shape index (κ1) is 31.2. The SMILES string of the molecule is CCOc1ccccc1CN1CCC2(CC1)CCN(C(=O)c1ccc3cc(OC)ccc3c1)CC2.O=C(O)C(F)(F)F. The fourth-order valence-corrected chi connectivity index (χ4v) is 5.71. The number of methoxy groups -OCH3 is 1. The fraction of sp³-hybridized carbons (Fsp3) is 0.438. The van der Waals surface area contributed by atoms with E-state index in [2.05, 4.69) is 28.0 Å².